The normalized spacial score (nSPS) is 9.91. The summed E-state index contributed by atoms with van der Waals surface area (Å²) in [5.74, 6) is -0.0391. The molecule has 0 aliphatic rings. The lowest BCUT2D eigenvalue weighted by Gasteiger charge is -2.11. The maximum Gasteiger partial charge on any atom is 0.340 e. The van der Waals surface area contributed by atoms with Gasteiger partial charge >= 0.3 is 5.97 Å². The number of hydrogen-bond donors (Lipinski definition) is 1. The highest BCUT2D eigenvalue weighted by molar-refractivity contribution is 5.91. The van der Waals surface area contributed by atoms with E-state index in [4.69, 9.17) is 4.74 Å². The topological polar surface area (TPSA) is 75.0 Å². The Kier molecular flexibility index (Phi) is 4.74. The first-order chi connectivity index (χ1) is 10.5. The molecular formula is C17H17N3O2. The first-order valence-corrected chi connectivity index (χ1v) is 6.97. The Morgan fingerprint density at radius 2 is 2.00 bits per heavy atom. The molecule has 0 bridgehead atoms. The molecule has 1 N–H and O–H groups in total. The molecule has 5 nitrogen and oxygen atoms in total. The van der Waals surface area contributed by atoms with Gasteiger partial charge in [0.25, 0.3) is 0 Å². The minimum absolute atomic E-state index is 0.281. The number of nitrogens with one attached hydrogen (secondary N) is 1. The van der Waals surface area contributed by atoms with Gasteiger partial charge in [0, 0.05) is 5.69 Å². The lowest BCUT2D eigenvalue weighted by atomic mass is 10.1. The number of nitrogens with zero attached hydrogens (tertiary/aromatic N) is 2. The first kappa shape index (κ1) is 15.5. The zero-order valence-corrected chi connectivity index (χ0v) is 12.8. The van der Waals surface area contributed by atoms with Crippen molar-refractivity contribution in [1.82, 2.24) is 4.98 Å². The third-order valence-corrected chi connectivity index (χ3v) is 3.14. The quantitative estimate of drug-likeness (QED) is 0.874. The van der Waals surface area contributed by atoms with Crippen molar-refractivity contribution >= 4 is 17.5 Å². The summed E-state index contributed by atoms with van der Waals surface area (Å²) in [4.78, 5) is 16.2. The molecule has 1 heterocycles. The Balaban J connectivity index is 2.36. The van der Waals surface area contributed by atoms with Gasteiger partial charge < -0.3 is 10.1 Å². The van der Waals surface area contributed by atoms with Crippen molar-refractivity contribution in [2.75, 3.05) is 11.9 Å². The van der Waals surface area contributed by atoms with Crippen LogP contribution in [0.25, 0.3) is 0 Å². The summed E-state index contributed by atoms with van der Waals surface area (Å²) >= 11 is 0. The molecule has 2 rings (SSSR count). The molecule has 2 aromatic rings. The largest absolute Gasteiger partial charge is 0.462 e. The highest BCUT2D eigenvalue weighted by Gasteiger charge is 2.16. The molecule has 0 radical (unpaired) electrons. The Labute approximate surface area is 129 Å². The molecule has 22 heavy (non-hydrogen) atoms. The molecule has 0 saturated heterocycles. The number of rotatable bonds is 4. The molecular weight excluding hydrogens is 278 g/mol. The number of pyridine rings is 1. The molecule has 0 fully saturated rings. The molecule has 0 saturated carbocycles. The van der Waals surface area contributed by atoms with E-state index in [0.29, 0.717) is 22.6 Å². The van der Waals surface area contributed by atoms with Crippen LogP contribution < -0.4 is 5.32 Å². The smallest absolute Gasteiger partial charge is 0.340 e. The molecule has 5 heteroatoms. The van der Waals surface area contributed by atoms with Gasteiger partial charge in [-0.3, -0.25) is 0 Å². The fourth-order valence-corrected chi connectivity index (χ4v) is 1.97. The van der Waals surface area contributed by atoms with Crippen LogP contribution in [0.2, 0.25) is 0 Å². The molecule has 1 aromatic carbocycles. The monoisotopic (exact) mass is 295 g/mol. The molecule has 0 aliphatic carbocycles. The van der Waals surface area contributed by atoms with Crippen LogP contribution in [0.4, 0.5) is 11.5 Å². The van der Waals surface area contributed by atoms with Crippen molar-refractivity contribution in [3.63, 3.8) is 0 Å². The van der Waals surface area contributed by atoms with Gasteiger partial charge in [-0.25, -0.2) is 9.78 Å². The van der Waals surface area contributed by atoms with Gasteiger partial charge in [-0.2, -0.15) is 5.26 Å². The molecule has 112 valence electrons. The maximum atomic E-state index is 11.8. The number of anilines is 2. The van der Waals surface area contributed by atoms with Gasteiger partial charge in [-0.15, -0.1) is 0 Å². The molecule has 0 spiro atoms. The van der Waals surface area contributed by atoms with Crippen molar-refractivity contribution in [2.24, 2.45) is 0 Å². The summed E-state index contributed by atoms with van der Waals surface area (Å²) in [5.41, 5.74) is 3.11. The van der Waals surface area contributed by atoms with E-state index >= 15 is 0 Å². The number of nitriles is 1. The standard InChI is InChI=1S/C17H17N3O2/c1-4-22-17(21)15-9-13(10-18)16(19-12(15)3)20-14-7-5-11(2)6-8-14/h5-9H,4H2,1-3H3,(H,19,20). The van der Waals surface area contributed by atoms with E-state index in [0.717, 1.165) is 11.3 Å². The van der Waals surface area contributed by atoms with Gasteiger partial charge in [-0.1, -0.05) is 17.7 Å². The number of carbonyl (C=O) groups is 1. The first-order valence-electron chi connectivity index (χ1n) is 6.97. The second-order valence-corrected chi connectivity index (χ2v) is 4.84. The predicted molar refractivity (Wildman–Crippen MR) is 84.1 cm³/mol. The highest BCUT2D eigenvalue weighted by Crippen LogP contribution is 2.22. The fourth-order valence-electron chi connectivity index (χ4n) is 1.97. The Hall–Kier alpha value is -2.87. The van der Waals surface area contributed by atoms with Crippen molar-refractivity contribution < 1.29 is 9.53 Å². The Bertz CT molecular complexity index is 731. The number of esters is 1. The van der Waals surface area contributed by atoms with Crippen molar-refractivity contribution in [2.45, 2.75) is 20.8 Å². The average molecular weight is 295 g/mol. The second-order valence-electron chi connectivity index (χ2n) is 4.84. The molecule has 0 unspecified atom stereocenters. The minimum atomic E-state index is -0.467. The van der Waals surface area contributed by atoms with Crippen LogP contribution in [-0.2, 0) is 4.74 Å². The number of ether oxygens (including phenoxy) is 1. The zero-order valence-electron chi connectivity index (χ0n) is 12.8. The molecule has 0 aliphatic heterocycles. The van der Waals surface area contributed by atoms with E-state index in [2.05, 4.69) is 16.4 Å². The van der Waals surface area contributed by atoms with E-state index in [1.54, 1.807) is 13.8 Å². The summed E-state index contributed by atoms with van der Waals surface area (Å²) in [5, 5.41) is 12.4. The van der Waals surface area contributed by atoms with Crippen molar-refractivity contribution in [1.29, 1.82) is 5.26 Å². The lowest BCUT2D eigenvalue weighted by Crippen LogP contribution is -2.10. The van der Waals surface area contributed by atoms with Crippen LogP contribution in [0.3, 0.4) is 0 Å². The van der Waals surface area contributed by atoms with Crippen LogP contribution in [0.1, 0.15) is 34.1 Å². The Morgan fingerprint density at radius 1 is 1.32 bits per heavy atom. The highest BCUT2D eigenvalue weighted by atomic mass is 16.5. The number of hydrogen-bond acceptors (Lipinski definition) is 5. The van der Waals surface area contributed by atoms with Crippen LogP contribution in [0.15, 0.2) is 30.3 Å². The number of aryl methyl sites for hydroxylation is 2. The van der Waals surface area contributed by atoms with Crippen LogP contribution in [0.5, 0.6) is 0 Å². The maximum absolute atomic E-state index is 11.8. The van der Waals surface area contributed by atoms with Crippen molar-refractivity contribution in [3.8, 4) is 6.07 Å². The zero-order chi connectivity index (χ0) is 16.1. The van der Waals surface area contributed by atoms with Gasteiger partial charge in [0.2, 0.25) is 0 Å². The van der Waals surface area contributed by atoms with E-state index in [-0.39, 0.29) is 6.61 Å². The number of benzene rings is 1. The predicted octanol–water partition coefficient (Wildman–Crippen LogP) is 3.49. The van der Waals surface area contributed by atoms with E-state index in [1.807, 2.05) is 31.2 Å². The molecule has 1 aromatic heterocycles. The summed E-state index contributed by atoms with van der Waals surface area (Å²) in [6, 6.07) is 11.3. The van der Waals surface area contributed by atoms with Crippen LogP contribution in [0, 0.1) is 25.2 Å². The third kappa shape index (κ3) is 3.41. The number of carbonyl (C=O) groups excluding carboxylic acids is 1. The van der Waals surface area contributed by atoms with Gasteiger partial charge in [-0.05, 0) is 39.0 Å². The number of aromatic nitrogens is 1. The lowest BCUT2D eigenvalue weighted by molar-refractivity contribution is 0.0525. The minimum Gasteiger partial charge on any atom is -0.462 e. The van der Waals surface area contributed by atoms with Crippen LogP contribution >= 0.6 is 0 Å². The summed E-state index contributed by atoms with van der Waals surface area (Å²) in [7, 11) is 0. The fraction of sp³-hybridized carbons (Fsp3) is 0.235. The van der Waals surface area contributed by atoms with Gasteiger partial charge in [0.05, 0.1) is 23.4 Å². The molecule has 0 atom stereocenters. The average Bonchev–Trinajstić information content (AvgIpc) is 2.50. The summed E-state index contributed by atoms with van der Waals surface area (Å²) < 4.78 is 4.97. The SMILES string of the molecule is CCOC(=O)c1cc(C#N)c(Nc2ccc(C)cc2)nc1C. The third-order valence-electron chi connectivity index (χ3n) is 3.14. The molecule has 0 amide bonds. The van der Waals surface area contributed by atoms with E-state index in [9.17, 15) is 10.1 Å². The van der Waals surface area contributed by atoms with Crippen molar-refractivity contribution in [3.05, 3.63) is 52.7 Å². The van der Waals surface area contributed by atoms with E-state index < -0.39 is 5.97 Å². The van der Waals surface area contributed by atoms with Gasteiger partial charge in [0.15, 0.2) is 0 Å². The Morgan fingerprint density at radius 3 is 2.59 bits per heavy atom. The van der Waals surface area contributed by atoms with Gasteiger partial charge in [0.1, 0.15) is 11.9 Å². The second kappa shape index (κ2) is 6.72. The van der Waals surface area contributed by atoms with E-state index in [1.165, 1.54) is 6.07 Å². The van der Waals surface area contributed by atoms with Crippen LogP contribution in [-0.4, -0.2) is 17.6 Å². The summed E-state index contributed by atoms with van der Waals surface area (Å²) in [6.45, 7) is 5.73. The summed E-state index contributed by atoms with van der Waals surface area (Å²) in [6.07, 6.45) is 0.